The molecular formula is C15H19ClN2O3. The number of nitrogens with zero attached hydrogens (tertiary/aromatic N) is 1. The van der Waals surface area contributed by atoms with E-state index in [1.165, 1.54) is 0 Å². The Hall–Kier alpha value is -1.59. The lowest BCUT2D eigenvalue weighted by Gasteiger charge is -2.18. The Labute approximate surface area is 128 Å². The third-order valence-electron chi connectivity index (χ3n) is 3.37. The lowest BCUT2D eigenvalue weighted by molar-refractivity contribution is -0.138. The first-order chi connectivity index (χ1) is 10.0. The van der Waals surface area contributed by atoms with Gasteiger partial charge in [0.2, 0.25) is 5.91 Å². The minimum atomic E-state index is -0.895. The van der Waals surface area contributed by atoms with Gasteiger partial charge in [-0.3, -0.25) is 14.5 Å². The number of amides is 1. The maximum absolute atomic E-state index is 11.9. The molecule has 0 aromatic heterocycles. The molecule has 0 unspecified atom stereocenters. The van der Waals surface area contributed by atoms with Gasteiger partial charge in [-0.25, -0.2) is 0 Å². The summed E-state index contributed by atoms with van der Waals surface area (Å²) in [5, 5.41) is 12.3. The topological polar surface area (TPSA) is 69.6 Å². The van der Waals surface area contributed by atoms with Gasteiger partial charge in [0.15, 0.2) is 0 Å². The van der Waals surface area contributed by atoms with Crippen LogP contribution in [-0.2, 0) is 16.0 Å². The molecule has 0 spiro atoms. The molecule has 21 heavy (non-hydrogen) atoms. The van der Waals surface area contributed by atoms with Gasteiger partial charge >= 0.3 is 5.97 Å². The normalized spacial score (nSPS) is 14.2. The number of halogens is 1. The van der Waals surface area contributed by atoms with E-state index < -0.39 is 5.97 Å². The van der Waals surface area contributed by atoms with Crippen molar-refractivity contribution in [1.82, 2.24) is 10.2 Å². The lowest BCUT2D eigenvalue weighted by atomic mass is 10.1. The zero-order chi connectivity index (χ0) is 15.2. The number of hydrogen-bond donors (Lipinski definition) is 2. The molecule has 1 aromatic carbocycles. The summed E-state index contributed by atoms with van der Waals surface area (Å²) in [6.45, 7) is 0.587. The Morgan fingerprint density at radius 1 is 1.33 bits per heavy atom. The van der Waals surface area contributed by atoms with Crippen LogP contribution < -0.4 is 5.32 Å². The van der Waals surface area contributed by atoms with E-state index in [0.717, 1.165) is 18.4 Å². The molecule has 1 saturated carbocycles. The summed E-state index contributed by atoms with van der Waals surface area (Å²) >= 11 is 5.90. The van der Waals surface area contributed by atoms with Crippen molar-refractivity contribution in [1.29, 1.82) is 0 Å². The summed E-state index contributed by atoms with van der Waals surface area (Å²) < 4.78 is 0. The first kappa shape index (κ1) is 15.8. The maximum Gasteiger partial charge on any atom is 0.317 e. The number of aliphatic carboxylic acids is 1. The zero-order valence-corrected chi connectivity index (χ0v) is 12.5. The highest BCUT2D eigenvalue weighted by Crippen LogP contribution is 2.26. The van der Waals surface area contributed by atoms with Crippen molar-refractivity contribution in [2.24, 2.45) is 0 Å². The third-order valence-corrected chi connectivity index (χ3v) is 3.61. The second-order valence-electron chi connectivity index (χ2n) is 5.26. The third kappa shape index (κ3) is 5.73. The average Bonchev–Trinajstić information content (AvgIpc) is 3.21. The number of carboxylic acid groups (broad SMARTS) is 1. The van der Waals surface area contributed by atoms with Gasteiger partial charge in [-0.1, -0.05) is 23.7 Å². The van der Waals surface area contributed by atoms with Crippen molar-refractivity contribution < 1.29 is 14.7 Å². The first-order valence-corrected chi connectivity index (χ1v) is 7.39. The van der Waals surface area contributed by atoms with Crippen LogP contribution in [0.5, 0.6) is 0 Å². The highest BCUT2D eigenvalue weighted by Gasteiger charge is 2.31. The van der Waals surface area contributed by atoms with E-state index in [2.05, 4.69) is 5.32 Å². The van der Waals surface area contributed by atoms with Crippen molar-refractivity contribution in [2.45, 2.75) is 25.3 Å². The molecule has 1 aliphatic carbocycles. The average molecular weight is 311 g/mol. The molecule has 0 saturated heterocycles. The van der Waals surface area contributed by atoms with Gasteiger partial charge in [-0.05, 0) is 37.0 Å². The summed E-state index contributed by atoms with van der Waals surface area (Å²) in [7, 11) is 0. The smallest absolute Gasteiger partial charge is 0.317 e. The molecule has 6 heteroatoms. The van der Waals surface area contributed by atoms with Gasteiger partial charge in [0.05, 0.1) is 13.1 Å². The quantitative estimate of drug-likeness (QED) is 0.764. The van der Waals surface area contributed by atoms with Crippen LogP contribution in [0.25, 0.3) is 0 Å². The largest absolute Gasteiger partial charge is 0.480 e. The van der Waals surface area contributed by atoms with Crippen LogP contribution >= 0.6 is 11.6 Å². The molecule has 1 aliphatic rings. The molecule has 0 heterocycles. The van der Waals surface area contributed by atoms with Gasteiger partial charge in [-0.2, -0.15) is 0 Å². The molecule has 1 aromatic rings. The number of carbonyl (C=O) groups excluding carboxylic acids is 1. The minimum Gasteiger partial charge on any atom is -0.480 e. The van der Waals surface area contributed by atoms with Crippen LogP contribution in [-0.4, -0.2) is 47.6 Å². The predicted molar refractivity (Wildman–Crippen MR) is 80.4 cm³/mol. The summed E-state index contributed by atoms with van der Waals surface area (Å²) in [5.41, 5.74) is 1.06. The summed E-state index contributed by atoms with van der Waals surface area (Å²) in [4.78, 5) is 24.3. The Bertz CT molecular complexity index is 517. The van der Waals surface area contributed by atoms with Crippen molar-refractivity contribution in [2.75, 3.05) is 19.6 Å². The number of hydrogen-bond acceptors (Lipinski definition) is 3. The Morgan fingerprint density at radius 2 is 2.10 bits per heavy atom. The maximum atomic E-state index is 11.9. The second kappa shape index (κ2) is 7.43. The van der Waals surface area contributed by atoms with E-state index in [4.69, 9.17) is 16.7 Å². The van der Waals surface area contributed by atoms with Crippen LogP contribution in [0, 0.1) is 0 Å². The molecule has 1 amide bonds. The lowest BCUT2D eigenvalue weighted by Crippen LogP contribution is -2.41. The molecule has 0 aliphatic heterocycles. The highest BCUT2D eigenvalue weighted by molar-refractivity contribution is 6.30. The molecule has 114 valence electrons. The number of benzene rings is 1. The molecule has 5 nitrogen and oxygen atoms in total. The Morgan fingerprint density at radius 3 is 2.71 bits per heavy atom. The fourth-order valence-electron chi connectivity index (χ4n) is 2.21. The molecule has 0 bridgehead atoms. The summed E-state index contributed by atoms with van der Waals surface area (Å²) in [5.74, 6) is -1.03. The summed E-state index contributed by atoms with van der Waals surface area (Å²) in [6.07, 6.45) is 2.65. The van der Waals surface area contributed by atoms with Crippen LogP contribution in [0.2, 0.25) is 5.02 Å². The Kier molecular flexibility index (Phi) is 5.59. The van der Waals surface area contributed by atoms with Gasteiger partial charge in [-0.15, -0.1) is 0 Å². The van der Waals surface area contributed by atoms with Gasteiger partial charge in [0, 0.05) is 17.6 Å². The van der Waals surface area contributed by atoms with Crippen molar-refractivity contribution in [3.05, 3.63) is 34.9 Å². The van der Waals surface area contributed by atoms with Crippen LogP contribution in [0.3, 0.4) is 0 Å². The number of carboxylic acids is 1. The van der Waals surface area contributed by atoms with Gasteiger partial charge in [0.25, 0.3) is 0 Å². The van der Waals surface area contributed by atoms with E-state index >= 15 is 0 Å². The monoisotopic (exact) mass is 310 g/mol. The van der Waals surface area contributed by atoms with E-state index in [-0.39, 0.29) is 25.0 Å². The number of nitrogens with one attached hydrogen (secondary N) is 1. The van der Waals surface area contributed by atoms with Crippen molar-refractivity contribution in [3.8, 4) is 0 Å². The Balaban J connectivity index is 1.72. The van der Waals surface area contributed by atoms with Crippen LogP contribution in [0.1, 0.15) is 18.4 Å². The van der Waals surface area contributed by atoms with Gasteiger partial charge < -0.3 is 10.4 Å². The van der Waals surface area contributed by atoms with Crippen LogP contribution in [0.15, 0.2) is 24.3 Å². The number of rotatable bonds is 8. The molecule has 2 rings (SSSR count). The zero-order valence-electron chi connectivity index (χ0n) is 11.7. The van der Waals surface area contributed by atoms with E-state index in [9.17, 15) is 9.59 Å². The molecule has 0 radical (unpaired) electrons. The SMILES string of the molecule is O=C(O)CN(CC(=O)NCCc1cccc(Cl)c1)C1CC1. The first-order valence-electron chi connectivity index (χ1n) is 7.01. The predicted octanol–water partition coefficient (Wildman–Crippen LogP) is 1.55. The molecule has 2 N–H and O–H groups in total. The fourth-order valence-corrected chi connectivity index (χ4v) is 2.42. The molecular weight excluding hydrogens is 292 g/mol. The van der Waals surface area contributed by atoms with E-state index in [0.29, 0.717) is 18.0 Å². The second-order valence-corrected chi connectivity index (χ2v) is 5.70. The molecule has 0 atom stereocenters. The standard InChI is InChI=1S/C15H19ClN2O3/c16-12-3-1-2-11(8-12)6-7-17-14(19)9-18(10-15(20)21)13-4-5-13/h1-3,8,13H,4-7,9-10H2,(H,17,19)(H,20,21). The fraction of sp³-hybridized carbons (Fsp3) is 0.467. The molecule has 1 fully saturated rings. The minimum absolute atomic E-state index is 0.0770. The van der Waals surface area contributed by atoms with Crippen LogP contribution in [0.4, 0.5) is 0 Å². The highest BCUT2D eigenvalue weighted by atomic mass is 35.5. The van der Waals surface area contributed by atoms with Crippen molar-refractivity contribution >= 4 is 23.5 Å². The summed E-state index contributed by atoms with van der Waals surface area (Å²) in [6, 6.07) is 7.76. The van der Waals surface area contributed by atoms with E-state index in [1.807, 2.05) is 24.3 Å². The van der Waals surface area contributed by atoms with E-state index in [1.54, 1.807) is 4.90 Å². The van der Waals surface area contributed by atoms with Gasteiger partial charge in [0.1, 0.15) is 0 Å². The van der Waals surface area contributed by atoms with Crippen molar-refractivity contribution in [3.63, 3.8) is 0 Å². The number of carbonyl (C=O) groups is 2.